The van der Waals surface area contributed by atoms with Crippen molar-refractivity contribution in [3.8, 4) is 5.69 Å². The van der Waals surface area contributed by atoms with Crippen LogP contribution >= 0.6 is 0 Å². The smallest absolute Gasteiger partial charge is 0.239 e. The number of sulfonamides is 1. The Morgan fingerprint density at radius 2 is 1.76 bits per heavy atom. The Labute approximate surface area is 193 Å². The molecule has 0 unspecified atom stereocenters. The molecule has 3 aromatic rings. The summed E-state index contributed by atoms with van der Waals surface area (Å²) in [6.07, 6.45) is 6.37. The summed E-state index contributed by atoms with van der Waals surface area (Å²) in [5.74, 6) is 0.416. The molecule has 1 saturated heterocycles. The summed E-state index contributed by atoms with van der Waals surface area (Å²) >= 11 is 0. The first-order valence-corrected chi connectivity index (χ1v) is 12.9. The Balaban J connectivity index is 1.21. The molecule has 5 rings (SSSR count). The Bertz CT molecular complexity index is 1260. The van der Waals surface area contributed by atoms with E-state index < -0.39 is 10.0 Å². The van der Waals surface area contributed by atoms with Crippen LogP contribution < -0.4 is 9.62 Å². The number of nitrogens with zero attached hydrogens (tertiary/aromatic N) is 4. The number of nitrogens with one attached hydrogen (secondary N) is 1. The molecule has 1 spiro atoms. The third-order valence-electron chi connectivity index (χ3n) is 6.68. The number of benzene rings is 2. The lowest BCUT2D eigenvalue weighted by atomic mass is 9.74. The van der Waals surface area contributed by atoms with E-state index in [1.54, 1.807) is 12.5 Å². The van der Waals surface area contributed by atoms with Crippen molar-refractivity contribution in [3.63, 3.8) is 0 Å². The van der Waals surface area contributed by atoms with Gasteiger partial charge in [-0.2, -0.15) is 0 Å². The summed E-state index contributed by atoms with van der Waals surface area (Å²) in [6.45, 7) is 2.23. The molecule has 8 nitrogen and oxygen atoms in total. The molecule has 0 atom stereocenters. The highest BCUT2D eigenvalue weighted by Crippen LogP contribution is 2.47. The zero-order chi connectivity index (χ0) is 23.1. The number of aromatic nitrogens is 2. The van der Waals surface area contributed by atoms with Gasteiger partial charge in [-0.05, 0) is 49.7 Å². The van der Waals surface area contributed by atoms with E-state index in [1.165, 1.54) is 10.6 Å². The molecule has 0 saturated carbocycles. The summed E-state index contributed by atoms with van der Waals surface area (Å²) in [5, 5.41) is 2.88. The lowest BCUT2D eigenvalue weighted by molar-refractivity contribution is -0.117. The van der Waals surface area contributed by atoms with Gasteiger partial charge in [0.2, 0.25) is 15.9 Å². The fraction of sp³-hybridized carbons (Fsp3) is 0.333. The SMILES string of the molecule is CS(=O)(=O)N1CC2(CCN(CC(=O)Nc3cn(-c4ccccc4)cn3)CC2)c2ccccc21. The van der Waals surface area contributed by atoms with Crippen molar-refractivity contribution in [2.45, 2.75) is 18.3 Å². The van der Waals surface area contributed by atoms with E-state index >= 15 is 0 Å². The van der Waals surface area contributed by atoms with Crippen molar-refractivity contribution < 1.29 is 13.2 Å². The molecule has 0 aliphatic carbocycles. The van der Waals surface area contributed by atoms with Crippen LogP contribution in [0.15, 0.2) is 67.1 Å². The van der Waals surface area contributed by atoms with Crippen molar-refractivity contribution in [1.82, 2.24) is 14.5 Å². The van der Waals surface area contributed by atoms with Crippen molar-refractivity contribution in [3.05, 3.63) is 72.7 Å². The topological polar surface area (TPSA) is 87.5 Å². The number of amides is 1. The summed E-state index contributed by atoms with van der Waals surface area (Å²) in [7, 11) is -3.33. The molecule has 0 bridgehead atoms. The molecule has 1 N–H and O–H groups in total. The second-order valence-electron chi connectivity index (χ2n) is 8.89. The number of carbonyl (C=O) groups excluding carboxylic acids is 1. The molecule has 1 amide bonds. The van der Waals surface area contributed by atoms with Crippen LogP contribution in [0.4, 0.5) is 11.5 Å². The van der Waals surface area contributed by atoms with E-state index in [0.29, 0.717) is 12.4 Å². The minimum Gasteiger partial charge on any atom is -0.308 e. The maximum Gasteiger partial charge on any atom is 0.239 e. The van der Waals surface area contributed by atoms with Gasteiger partial charge in [0.15, 0.2) is 5.82 Å². The number of rotatable bonds is 5. The van der Waals surface area contributed by atoms with Gasteiger partial charge in [-0.3, -0.25) is 14.0 Å². The van der Waals surface area contributed by atoms with Gasteiger partial charge in [-0.1, -0.05) is 36.4 Å². The molecule has 1 aromatic heterocycles. The van der Waals surface area contributed by atoms with Crippen LogP contribution in [0.1, 0.15) is 18.4 Å². The number of imidazole rings is 1. The fourth-order valence-electron chi connectivity index (χ4n) is 4.96. The third-order valence-corrected chi connectivity index (χ3v) is 7.80. The highest BCUT2D eigenvalue weighted by molar-refractivity contribution is 7.92. The molecule has 0 radical (unpaired) electrons. The van der Waals surface area contributed by atoms with Crippen LogP contribution in [0.2, 0.25) is 0 Å². The molecule has 172 valence electrons. The van der Waals surface area contributed by atoms with Gasteiger partial charge >= 0.3 is 0 Å². The van der Waals surface area contributed by atoms with Crippen LogP contribution in [-0.2, 0) is 20.2 Å². The van der Waals surface area contributed by atoms with E-state index in [1.807, 2.05) is 59.2 Å². The molecule has 2 aliphatic rings. The first-order valence-electron chi connectivity index (χ1n) is 11.0. The number of hydrogen-bond donors (Lipinski definition) is 1. The second kappa shape index (κ2) is 8.31. The van der Waals surface area contributed by atoms with Gasteiger partial charge in [-0.25, -0.2) is 13.4 Å². The number of piperidine rings is 1. The van der Waals surface area contributed by atoms with Gasteiger partial charge in [0.25, 0.3) is 0 Å². The van der Waals surface area contributed by atoms with E-state index in [2.05, 4.69) is 15.2 Å². The molecular weight excluding hydrogens is 438 g/mol. The average Bonchev–Trinajstić information content (AvgIpc) is 3.39. The molecule has 2 aliphatic heterocycles. The van der Waals surface area contributed by atoms with E-state index in [4.69, 9.17) is 0 Å². The number of anilines is 2. The van der Waals surface area contributed by atoms with Gasteiger partial charge in [0, 0.05) is 17.6 Å². The monoisotopic (exact) mass is 465 g/mol. The van der Waals surface area contributed by atoms with Crippen LogP contribution in [0.5, 0.6) is 0 Å². The number of hydrogen-bond acceptors (Lipinski definition) is 5. The minimum absolute atomic E-state index is 0.103. The average molecular weight is 466 g/mol. The van der Waals surface area contributed by atoms with Crippen molar-refractivity contribution in [1.29, 1.82) is 0 Å². The first-order chi connectivity index (χ1) is 15.8. The predicted octanol–water partition coefficient (Wildman–Crippen LogP) is 2.62. The van der Waals surface area contributed by atoms with Crippen LogP contribution in [0.3, 0.4) is 0 Å². The number of likely N-dealkylation sites (tertiary alicyclic amines) is 1. The van der Waals surface area contributed by atoms with Gasteiger partial charge < -0.3 is 9.88 Å². The van der Waals surface area contributed by atoms with E-state index in [0.717, 1.165) is 42.9 Å². The summed E-state index contributed by atoms with van der Waals surface area (Å²) in [4.78, 5) is 19.0. The fourth-order valence-corrected chi connectivity index (χ4v) is 5.96. The van der Waals surface area contributed by atoms with E-state index in [9.17, 15) is 13.2 Å². The normalized spacial score (nSPS) is 17.8. The van der Waals surface area contributed by atoms with Gasteiger partial charge in [0.05, 0.1) is 24.7 Å². The second-order valence-corrected chi connectivity index (χ2v) is 10.8. The Morgan fingerprint density at radius 1 is 1.06 bits per heavy atom. The Morgan fingerprint density at radius 3 is 2.48 bits per heavy atom. The lowest BCUT2D eigenvalue weighted by Gasteiger charge is -2.39. The quantitative estimate of drug-likeness (QED) is 0.626. The zero-order valence-electron chi connectivity index (χ0n) is 18.5. The predicted molar refractivity (Wildman–Crippen MR) is 128 cm³/mol. The molecular formula is C24H27N5O3S. The maximum absolute atomic E-state index is 12.6. The molecule has 3 heterocycles. The van der Waals surface area contributed by atoms with Crippen LogP contribution in [0.25, 0.3) is 5.69 Å². The standard InChI is InChI=1S/C24H27N5O3S/c1-33(31,32)29-17-24(20-9-5-6-10-21(20)29)11-13-27(14-12-24)16-23(30)26-22-15-28(18-25-22)19-7-3-2-4-8-19/h2-10,15,18H,11-14,16-17H2,1H3,(H,26,30). The van der Waals surface area contributed by atoms with E-state index in [-0.39, 0.29) is 17.9 Å². The Kier molecular flexibility index (Phi) is 5.46. The highest BCUT2D eigenvalue weighted by atomic mass is 32.2. The minimum atomic E-state index is -3.33. The molecule has 9 heteroatoms. The first kappa shape index (κ1) is 21.7. The van der Waals surface area contributed by atoms with Crippen molar-refractivity contribution >= 4 is 27.4 Å². The molecule has 33 heavy (non-hydrogen) atoms. The number of carbonyl (C=O) groups is 1. The summed E-state index contributed by atoms with van der Waals surface area (Å²) in [5.41, 5.74) is 2.68. The Hall–Kier alpha value is -3.17. The number of para-hydroxylation sites is 2. The summed E-state index contributed by atoms with van der Waals surface area (Å²) < 4.78 is 28.1. The largest absolute Gasteiger partial charge is 0.308 e. The highest BCUT2D eigenvalue weighted by Gasteiger charge is 2.46. The maximum atomic E-state index is 12.6. The molecule has 1 fully saturated rings. The third kappa shape index (κ3) is 4.26. The van der Waals surface area contributed by atoms with Crippen LogP contribution in [0, 0.1) is 0 Å². The summed E-state index contributed by atoms with van der Waals surface area (Å²) in [6, 6.07) is 17.6. The zero-order valence-corrected chi connectivity index (χ0v) is 19.3. The number of fused-ring (bicyclic) bond motifs is 2. The lowest BCUT2D eigenvalue weighted by Crippen LogP contribution is -2.47. The van der Waals surface area contributed by atoms with Gasteiger partial charge in [-0.15, -0.1) is 0 Å². The van der Waals surface area contributed by atoms with Crippen molar-refractivity contribution in [2.75, 3.05) is 42.1 Å². The van der Waals surface area contributed by atoms with Crippen LogP contribution in [-0.4, -0.2) is 61.2 Å². The molecule has 2 aromatic carbocycles. The van der Waals surface area contributed by atoms with Gasteiger partial charge in [0.1, 0.15) is 6.33 Å². The van der Waals surface area contributed by atoms with Crippen molar-refractivity contribution in [2.24, 2.45) is 0 Å².